The van der Waals surface area contributed by atoms with E-state index in [0.717, 1.165) is 8.66 Å². The summed E-state index contributed by atoms with van der Waals surface area (Å²) in [7, 11) is 0.0152. The maximum absolute atomic E-state index is 12.6. The van der Waals surface area contributed by atoms with Crippen LogP contribution in [0.15, 0.2) is 14.7 Å². The Morgan fingerprint density at radius 2 is 1.95 bits per heavy atom. The van der Waals surface area contributed by atoms with Crippen LogP contribution in [0.4, 0.5) is 0 Å². The molecule has 1 aromatic rings. The van der Waals surface area contributed by atoms with Crippen molar-refractivity contribution in [1.82, 2.24) is 9.21 Å². The fraction of sp³-hybridized carbons (Fsp3) is 0.615. The van der Waals surface area contributed by atoms with Crippen LogP contribution < -0.4 is 0 Å². The molecule has 0 unspecified atom stereocenters. The van der Waals surface area contributed by atoms with E-state index in [9.17, 15) is 13.2 Å². The van der Waals surface area contributed by atoms with E-state index in [-0.39, 0.29) is 11.8 Å². The zero-order valence-corrected chi connectivity index (χ0v) is 15.5. The predicted molar refractivity (Wildman–Crippen MR) is 86.9 cm³/mol. The van der Waals surface area contributed by atoms with Crippen molar-refractivity contribution in [3.8, 4) is 0 Å². The Morgan fingerprint density at radius 3 is 2.38 bits per heavy atom. The van der Waals surface area contributed by atoms with Gasteiger partial charge in [0.25, 0.3) is 0 Å². The van der Waals surface area contributed by atoms with Crippen LogP contribution in [0.5, 0.6) is 0 Å². The maximum Gasteiger partial charge on any atom is 0.244 e. The van der Waals surface area contributed by atoms with Gasteiger partial charge < -0.3 is 4.90 Å². The summed E-state index contributed by atoms with van der Waals surface area (Å²) in [5.74, 6) is 0.0169. The van der Waals surface area contributed by atoms with Gasteiger partial charge in [-0.2, -0.15) is 4.31 Å². The van der Waals surface area contributed by atoms with E-state index < -0.39 is 10.0 Å². The molecular weight excluding hydrogens is 376 g/mol. The third-order valence-corrected chi connectivity index (χ3v) is 7.41. The van der Waals surface area contributed by atoms with Crippen molar-refractivity contribution >= 4 is 43.2 Å². The first kappa shape index (κ1) is 16.9. The maximum atomic E-state index is 12.6. The van der Waals surface area contributed by atoms with Crippen LogP contribution >= 0.6 is 27.3 Å². The highest BCUT2D eigenvalue weighted by atomic mass is 79.9. The number of piperidine rings is 1. The van der Waals surface area contributed by atoms with Crippen LogP contribution in [0.25, 0.3) is 0 Å². The van der Waals surface area contributed by atoms with Gasteiger partial charge in [-0.15, -0.1) is 11.3 Å². The van der Waals surface area contributed by atoms with Crippen molar-refractivity contribution < 1.29 is 13.2 Å². The second kappa shape index (κ2) is 6.36. The van der Waals surface area contributed by atoms with Crippen molar-refractivity contribution in [2.75, 3.05) is 27.2 Å². The Bertz CT molecular complexity index is 632. The average molecular weight is 395 g/mol. The van der Waals surface area contributed by atoms with Crippen molar-refractivity contribution in [3.63, 3.8) is 0 Å². The molecule has 0 spiro atoms. The van der Waals surface area contributed by atoms with Gasteiger partial charge in [0.15, 0.2) is 0 Å². The van der Waals surface area contributed by atoms with E-state index in [1.807, 2.05) is 6.92 Å². The zero-order valence-electron chi connectivity index (χ0n) is 12.3. The molecule has 2 heterocycles. The van der Waals surface area contributed by atoms with Crippen molar-refractivity contribution in [3.05, 3.63) is 14.7 Å². The number of carbonyl (C=O) groups is 1. The number of carbonyl (C=O) groups excluding carboxylic acids is 1. The lowest BCUT2D eigenvalue weighted by atomic mass is 9.97. The lowest BCUT2D eigenvalue weighted by Gasteiger charge is -2.31. The quantitative estimate of drug-likeness (QED) is 0.789. The first-order valence-corrected chi connectivity index (χ1v) is 9.75. The highest BCUT2D eigenvalue weighted by Crippen LogP contribution is 2.33. The molecule has 0 atom stereocenters. The van der Waals surface area contributed by atoms with Gasteiger partial charge in [-0.3, -0.25) is 4.79 Å². The van der Waals surface area contributed by atoms with Crippen LogP contribution in [0.2, 0.25) is 0 Å². The van der Waals surface area contributed by atoms with E-state index in [0.29, 0.717) is 30.8 Å². The fourth-order valence-corrected chi connectivity index (χ4v) is 6.39. The first-order valence-electron chi connectivity index (χ1n) is 6.70. The second-order valence-electron chi connectivity index (χ2n) is 5.38. The summed E-state index contributed by atoms with van der Waals surface area (Å²) in [6.45, 7) is 2.61. The number of rotatable bonds is 3. The van der Waals surface area contributed by atoms with Gasteiger partial charge in [0, 0.05) is 38.0 Å². The molecule has 1 aliphatic rings. The van der Waals surface area contributed by atoms with E-state index >= 15 is 0 Å². The largest absolute Gasteiger partial charge is 0.349 e. The molecular formula is C13H19BrN2O3S2. The Balaban J connectivity index is 2.11. The van der Waals surface area contributed by atoms with Crippen molar-refractivity contribution in [2.45, 2.75) is 24.7 Å². The summed E-state index contributed by atoms with van der Waals surface area (Å²) in [6, 6.07) is 1.66. The topological polar surface area (TPSA) is 57.7 Å². The summed E-state index contributed by atoms with van der Waals surface area (Å²) < 4.78 is 27.6. The number of aryl methyl sites for hydroxylation is 1. The number of thiophene rings is 1. The third-order valence-electron chi connectivity index (χ3n) is 3.70. The number of amides is 1. The van der Waals surface area contributed by atoms with E-state index in [1.165, 1.54) is 15.6 Å². The van der Waals surface area contributed by atoms with Gasteiger partial charge >= 0.3 is 0 Å². The minimum absolute atomic E-state index is 0.0678. The minimum Gasteiger partial charge on any atom is -0.349 e. The summed E-state index contributed by atoms with van der Waals surface area (Å²) in [5.41, 5.74) is 0. The molecule has 5 nitrogen and oxygen atoms in total. The van der Waals surface area contributed by atoms with E-state index in [2.05, 4.69) is 15.9 Å². The molecule has 0 aliphatic carbocycles. The van der Waals surface area contributed by atoms with Gasteiger partial charge in [0.05, 0.1) is 8.68 Å². The van der Waals surface area contributed by atoms with Crippen LogP contribution in [0.3, 0.4) is 0 Å². The van der Waals surface area contributed by atoms with Crippen LogP contribution in [0.1, 0.15) is 17.7 Å². The van der Waals surface area contributed by atoms with Crippen LogP contribution in [-0.2, 0) is 14.8 Å². The van der Waals surface area contributed by atoms with Gasteiger partial charge in [-0.25, -0.2) is 8.42 Å². The van der Waals surface area contributed by atoms with E-state index in [1.54, 1.807) is 25.1 Å². The molecule has 0 aromatic carbocycles. The minimum atomic E-state index is -3.45. The van der Waals surface area contributed by atoms with Gasteiger partial charge in [-0.1, -0.05) is 0 Å². The molecule has 1 amide bonds. The molecule has 0 N–H and O–H groups in total. The number of nitrogens with zero attached hydrogens (tertiary/aromatic N) is 2. The number of hydrogen-bond acceptors (Lipinski definition) is 4. The highest BCUT2D eigenvalue weighted by Gasteiger charge is 2.33. The van der Waals surface area contributed by atoms with Gasteiger partial charge in [0.2, 0.25) is 15.9 Å². The average Bonchev–Trinajstić information content (AvgIpc) is 2.77. The molecule has 2 rings (SSSR count). The number of halogens is 1. The molecule has 0 bridgehead atoms. The zero-order chi connectivity index (χ0) is 15.8. The third kappa shape index (κ3) is 3.49. The molecule has 1 aliphatic heterocycles. The molecule has 1 saturated heterocycles. The predicted octanol–water partition coefficient (Wildman–Crippen LogP) is 2.31. The number of hydrogen-bond donors (Lipinski definition) is 0. The molecule has 1 fully saturated rings. The Labute approximate surface area is 138 Å². The Hall–Kier alpha value is -0.440. The number of sulfonamides is 1. The van der Waals surface area contributed by atoms with Gasteiger partial charge in [0.1, 0.15) is 0 Å². The van der Waals surface area contributed by atoms with E-state index in [4.69, 9.17) is 0 Å². The lowest BCUT2D eigenvalue weighted by molar-refractivity contribution is -0.134. The first-order chi connectivity index (χ1) is 9.73. The smallest absolute Gasteiger partial charge is 0.244 e. The monoisotopic (exact) mass is 394 g/mol. The Kier molecular flexibility index (Phi) is 5.12. The molecule has 1 aromatic heterocycles. The van der Waals surface area contributed by atoms with Gasteiger partial charge in [-0.05, 0) is 41.8 Å². The summed E-state index contributed by atoms with van der Waals surface area (Å²) in [5, 5.41) is 0. The van der Waals surface area contributed by atoms with Crippen LogP contribution in [0, 0.1) is 12.8 Å². The summed E-state index contributed by atoms with van der Waals surface area (Å²) in [4.78, 5) is 14.7. The summed E-state index contributed by atoms with van der Waals surface area (Å²) >= 11 is 4.75. The normalized spacial score (nSPS) is 17.9. The Morgan fingerprint density at radius 1 is 1.38 bits per heavy atom. The van der Waals surface area contributed by atoms with Crippen molar-refractivity contribution in [1.29, 1.82) is 0 Å². The fourth-order valence-electron chi connectivity index (χ4n) is 2.53. The van der Waals surface area contributed by atoms with Crippen molar-refractivity contribution in [2.24, 2.45) is 5.92 Å². The molecule has 118 valence electrons. The van der Waals surface area contributed by atoms with Crippen LogP contribution in [-0.4, -0.2) is 50.7 Å². The standard InChI is InChI=1S/C13H19BrN2O3S2/c1-9-11(8-12(14)20-9)21(18,19)16-6-4-10(5-7-16)13(17)15(2)3/h8,10H,4-7H2,1-3H3. The molecule has 0 radical (unpaired) electrons. The lowest BCUT2D eigenvalue weighted by Crippen LogP contribution is -2.42. The highest BCUT2D eigenvalue weighted by molar-refractivity contribution is 9.11. The molecule has 21 heavy (non-hydrogen) atoms. The summed E-state index contributed by atoms with van der Waals surface area (Å²) in [6.07, 6.45) is 1.17. The second-order valence-corrected chi connectivity index (χ2v) is 9.92. The SMILES string of the molecule is Cc1sc(Br)cc1S(=O)(=O)N1CCC(C(=O)N(C)C)CC1. The molecule has 8 heteroatoms. The molecule has 0 saturated carbocycles.